The number of fused-ring (bicyclic) bond motifs is 4. The number of carbonyl (C=O) groups excluding carboxylic acids is 1. The average Bonchev–Trinajstić information content (AvgIpc) is 2.88. The van der Waals surface area contributed by atoms with Crippen LogP contribution in [0.4, 0.5) is 0 Å². The molecule has 4 atom stereocenters. The lowest BCUT2D eigenvalue weighted by atomic mass is 9.89. The fourth-order valence-corrected chi connectivity index (χ4v) is 4.18. The summed E-state index contributed by atoms with van der Waals surface area (Å²) < 4.78 is 5.01. The Bertz CT molecular complexity index is 304. The van der Waals surface area contributed by atoms with E-state index in [9.17, 15) is 4.79 Å². The van der Waals surface area contributed by atoms with Crippen molar-refractivity contribution < 1.29 is 9.53 Å². The minimum absolute atomic E-state index is 0.0521. The van der Waals surface area contributed by atoms with Crippen LogP contribution in [-0.2, 0) is 9.53 Å². The number of nitrogens with zero attached hydrogens (tertiary/aromatic N) is 1. The lowest BCUT2D eigenvalue weighted by Crippen LogP contribution is -2.49. The summed E-state index contributed by atoms with van der Waals surface area (Å²) in [6.45, 7) is 3.29. The molecule has 2 saturated heterocycles. The van der Waals surface area contributed by atoms with Gasteiger partial charge in [0.15, 0.2) is 0 Å². The number of piperidine rings is 1. The van der Waals surface area contributed by atoms with Crippen molar-refractivity contribution in [3.8, 4) is 0 Å². The van der Waals surface area contributed by atoms with Crippen molar-refractivity contribution in [3.05, 3.63) is 0 Å². The summed E-state index contributed by atoms with van der Waals surface area (Å²) in [7, 11) is 1.53. The molecule has 3 nitrogen and oxygen atoms in total. The molecule has 0 N–H and O–H groups in total. The highest BCUT2D eigenvalue weighted by atomic mass is 16.5. The summed E-state index contributed by atoms with van der Waals surface area (Å²) in [6, 6.07) is 1.24. The van der Waals surface area contributed by atoms with E-state index in [-0.39, 0.29) is 11.4 Å². The van der Waals surface area contributed by atoms with Gasteiger partial charge in [-0.25, -0.2) is 0 Å². The SMILES string of the molecule is CCN1C2CCC1C1(C(=O)OC)CC1C2. The van der Waals surface area contributed by atoms with Gasteiger partial charge in [-0.1, -0.05) is 6.92 Å². The summed E-state index contributed by atoms with van der Waals surface area (Å²) in [6.07, 6.45) is 4.79. The van der Waals surface area contributed by atoms with Crippen molar-refractivity contribution in [3.63, 3.8) is 0 Å². The molecule has 3 rings (SSSR count). The van der Waals surface area contributed by atoms with Crippen molar-refractivity contribution in [1.82, 2.24) is 4.90 Å². The zero-order valence-corrected chi connectivity index (χ0v) is 9.53. The quantitative estimate of drug-likeness (QED) is 0.644. The molecule has 2 bridgehead atoms. The third-order valence-corrected chi connectivity index (χ3v) is 4.88. The first-order valence-corrected chi connectivity index (χ1v) is 6.08. The molecule has 3 aliphatic rings. The Morgan fingerprint density at radius 1 is 1.53 bits per heavy atom. The van der Waals surface area contributed by atoms with E-state index in [1.807, 2.05) is 0 Å². The molecule has 2 heterocycles. The molecule has 84 valence electrons. The molecule has 0 amide bonds. The normalized spacial score (nSPS) is 47.5. The predicted molar refractivity (Wildman–Crippen MR) is 56.4 cm³/mol. The molecule has 3 heteroatoms. The molecule has 3 fully saturated rings. The first kappa shape index (κ1) is 9.64. The molecule has 2 aliphatic heterocycles. The molecular formula is C12H19NO2. The van der Waals surface area contributed by atoms with Crippen LogP contribution in [-0.4, -0.2) is 36.6 Å². The van der Waals surface area contributed by atoms with Crippen LogP contribution in [0.2, 0.25) is 0 Å². The first-order valence-electron chi connectivity index (χ1n) is 6.08. The highest BCUT2D eigenvalue weighted by Gasteiger charge is 2.71. The van der Waals surface area contributed by atoms with E-state index in [0.717, 1.165) is 19.0 Å². The number of carbonyl (C=O) groups is 1. The van der Waals surface area contributed by atoms with E-state index in [4.69, 9.17) is 4.74 Å². The smallest absolute Gasteiger partial charge is 0.313 e. The van der Waals surface area contributed by atoms with E-state index in [1.165, 1.54) is 26.4 Å². The van der Waals surface area contributed by atoms with Gasteiger partial charge in [0.2, 0.25) is 0 Å². The second-order valence-electron chi connectivity index (χ2n) is 5.25. The van der Waals surface area contributed by atoms with Gasteiger partial charge in [0.05, 0.1) is 12.5 Å². The molecule has 15 heavy (non-hydrogen) atoms. The predicted octanol–water partition coefficient (Wildman–Crippen LogP) is 1.42. The largest absolute Gasteiger partial charge is 0.469 e. The number of hydrogen-bond acceptors (Lipinski definition) is 3. The summed E-state index contributed by atoms with van der Waals surface area (Å²) >= 11 is 0. The van der Waals surface area contributed by atoms with Gasteiger partial charge in [0, 0.05) is 12.1 Å². The van der Waals surface area contributed by atoms with E-state index < -0.39 is 0 Å². The second-order valence-corrected chi connectivity index (χ2v) is 5.25. The highest BCUT2D eigenvalue weighted by molar-refractivity contribution is 5.82. The van der Waals surface area contributed by atoms with Crippen molar-refractivity contribution in [1.29, 1.82) is 0 Å². The van der Waals surface area contributed by atoms with Crippen LogP contribution < -0.4 is 0 Å². The topological polar surface area (TPSA) is 29.5 Å². The number of ether oxygens (including phenoxy) is 1. The van der Waals surface area contributed by atoms with E-state index in [0.29, 0.717) is 12.0 Å². The van der Waals surface area contributed by atoms with Gasteiger partial charge in [-0.05, 0) is 38.1 Å². The van der Waals surface area contributed by atoms with Crippen LogP contribution in [0.1, 0.15) is 32.6 Å². The van der Waals surface area contributed by atoms with E-state index in [1.54, 1.807) is 0 Å². The van der Waals surface area contributed by atoms with Gasteiger partial charge in [-0.15, -0.1) is 0 Å². The minimum Gasteiger partial charge on any atom is -0.469 e. The van der Waals surface area contributed by atoms with Gasteiger partial charge in [-0.2, -0.15) is 0 Å². The van der Waals surface area contributed by atoms with Gasteiger partial charge in [0.1, 0.15) is 0 Å². The second kappa shape index (κ2) is 2.97. The summed E-state index contributed by atoms with van der Waals surface area (Å²) in [5.74, 6) is 0.682. The Labute approximate surface area is 90.8 Å². The van der Waals surface area contributed by atoms with Crippen molar-refractivity contribution in [2.45, 2.75) is 44.7 Å². The van der Waals surface area contributed by atoms with Crippen LogP contribution in [0.5, 0.6) is 0 Å². The Morgan fingerprint density at radius 2 is 2.33 bits per heavy atom. The fraction of sp³-hybridized carbons (Fsp3) is 0.917. The number of rotatable bonds is 2. The Balaban J connectivity index is 1.91. The van der Waals surface area contributed by atoms with Crippen LogP contribution in [0.3, 0.4) is 0 Å². The van der Waals surface area contributed by atoms with Crippen molar-refractivity contribution in [2.75, 3.05) is 13.7 Å². The Hall–Kier alpha value is -0.570. The first-order chi connectivity index (χ1) is 7.24. The molecular weight excluding hydrogens is 190 g/mol. The van der Waals surface area contributed by atoms with Crippen LogP contribution >= 0.6 is 0 Å². The zero-order valence-electron chi connectivity index (χ0n) is 9.53. The molecule has 1 saturated carbocycles. The monoisotopic (exact) mass is 209 g/mol. The summed E-state index contributed by atoms with van der Waals surface area (Å²) in [4.78, 5) is 14.5. The minimum atomic E-state index is -0.0994. The highest BCUT2D eigenvalue weighted by Crippen LogP contribution is 2.66. The van der Waals surface area contributed by atoms with E-state index in [2.05, 4.69) is 11.8 Å². The van der Waals surface area contributed by atoms with Crippen molar-refractivity contribution >= 4 is 5.97 Å². The molecule has 0 aromatic carbocycles. The van der Waals surface area contributed by atoms with Gasteiger partial charge in [-0.3, -0.25) is 9.69 Å². The summed E-state index contributed by atoms with van der Waals surface area (Å²) in [5, 5.41) is 0. The maximum absolute atomic E-state index is 11.9. The zero-order chi connectivity index (χ0) is 10.6. The third-order valence-electron chi connectivity index (χ3n) is 4.88. The average molecular weight is 209 g/mol. The fourth-order valence-electron chi connectivity index (χ4n) is 4.18. The van der Waals surface area contributed by atoms with Crippen molar-refractivity contribution in [2.24, 2.45) is 11.3 Å². The molecule has 4 unspecified atom stereocenters. The molecule has 1 aliphatic carbocycles. The lowest BCUT2D eigenvalue weighted by Gasteiger charge is -2.38. The Morgan fingerprint density at radius 3 is 3.00 bits per heavy atom. The number of methoxy groups -OCH3 is 1. The van der Waals surface area contributed by atoms with Crippen LogP contribution in [0, 0.1) is 11.3 Å². The molecule has 0 radical (unpaired) electrons. The number of esters is 1. The standard InChI is InChI=1S/C12H19NO2/c1-3-13-9-4-5-10(13)12(11(14)15-2)7-8(12)6-9/h8-10H,3-7H2,1-2H3. The van der Waals surface area contributed by atoms with Crippen LogP contribution in [0.15, 0.2) is 0 Å². The lowest BCUT2D eigenvalue weighted by molar-refractivity contribution is -0.152. The summed E-state index contributed by atoms with van der Waals surface area (Å²) in [5.41, 5.74) is -0.0994. The third kappa shape index (κ3) is 1.02. The maximum atomic E-state index is 11.9. The van der Waals surface area contributed by atoms with E-state index >= 15 is 0 Å². The maximum Gasteiger partial charge on any atom is 0.313 e. The number of hydrogen-bond donors (Lipinski definition) is 0. The Kier molecular flexibility index (Phi) is 1.91. The molecule has 0 aromatic heterocycles. The van der Waals surface area contributed by atoms with Gasteiger partial charge < -0.3 is 4.74 Å². The van der Waals surface area contributed by atoms with Gasteiger partial charge >= 0.3 is 5.97 Å². The molecule has 0 spiro atoms. The van der Waals surface area contributed by atoms with Gasteiger partial charge in [0.25, 0.3) is 0 Å². The molecule has 0 aromatic rings. The van der Waals surface area contributed by atoms with Crippen LogP contribution in [0.25, 0.3) is 0 Å².